The highest BCUT2D eigenvalue weighted by Crippen LogP contribution is 2.10. The summed E-state index contributed by atoms with van der Waals surface area (Å²) in [4.78, 5) is 16.6. The summed E-state index contributed by atoms with van der Waals surface area (Å²) in [5.41, 5.74) is 3.03. The summed E-state index contributed by atoms with van der Waals surface area (Å²) in [6, 6.07) is 15.2. The van der Waals surface area contributed by atoms with Gasteiger partial charge in [0, 0.05) is 11.6 Å². The number of oxime groups is 1. The Labute approximate surface area is 134 Å². The van der Waals surface area contributed by atoms with Gasteiger partial charge in [-0.1, -0.05) is 58.7 Å². The third-order valence-corrected chi connectivity index (χ3v) is 3.16. The molecule has 0 aromatic heterocycles. The maximum atomic E-state index is 11.6. The lowest BCUT2D eigenvalue weighted by Crippen LogP contribution is -2.26. The quantitative estimate of drug-likeness (QED) is 0.656. The molecule has 0 saturated carbocycles. The average molecular weight is 317 g/mol. The van der Waals surface area contributed by atoms with E-state index in [9.17, 15) is 4.79 Å². The largest absolute Gasteiger partial charge is 0.386 e. The molecule has 0 saturated heterocycles. The van der Waals surface area contributed by atoms with E-state index >= 15 is 0 Å². The lowest BCUT2D eigenvalue weighted by molar-refractivity contribution is -0.125. The average Bonchev–Trinajstić information content (AvgIpc) is 2.51. The van der Waals surface area contributed by atoms with Crippen molar-refractivity contribution in [2.45, 2.75) is 13.5 Å². The van der Waals surface area contributed by atoms with Crippen molar-refractivity contribution in [3.8, 4) is 0 Å². The van der Waals surface area contributed by atoms with Gasteiger partial charge in [0.05, 0.1) is 6.21 Å². The van der Waals surface area contributed by atoms with Gasteiger partial charge in [-0.3, -0.25) is 4.79 Å². The van der Waals surface area contributed by atoms with Gasteiger partial charge < -0.3 is 10.2 Å². The number of hydrogen-bond acceptors (Lipinski definition) is 3. The summed E-state index contributed by atoms with van der Waals surface area (Å²) in [5, 5.41) is 7.15. The standard InChI is InChI=1S/C17H17ClN2O2/c1-13-5-7-14(8-6-13)11-20-22-12-17(21)19-10-15-3-2-4-16(18)9-15/h2-9,11H,10,12H2,1H3,(H,19,21)/b20-11-. The van der Waals surface area contributed by atoms with Gasteiger partial charge in [0.2, 0.25) is 0 Å². The molecule has 0 radical (unpaired) electrons. The number of benzene rings is 2. The number of amides is 1. The minimum Gasteiger partial charge on any atom is -0.386 e. The van der Waals surface area contributed by atoms with Crippen LogP contribution < -0.4 is 5.32 Å². The first-order valence-corrected chi connectivity index (χ1v) is 7.24. The topological polar surface area (TPSA) is 50.7 Å². The van der Waals surface area contributed by atoms with Crippen LogP contribution in [0, 0.1) is 6.92 Å². The van der Waals surface area contributed by atoms with Crippen LogP contribution in [0.3, 0.4) is 0 Å². The number of aryl methyl sites for hydroxylation is 1. The van der Waals surface area contributed by atoms with Gasteiger partial charge in [-0.25, -0.2) is 0 Å². The molecule has 2 aromatic rings. The lowest BCUT2D eigenvalue weighted by Gasteiger charge is -2.04. The maximum Gasteiger partial charge on any atom is 0.261 e. The normalized spacial score (nSPS) is 10.6. The Balaban J connectivity index is 1.70. The van der Waals surface area contributed by atoms with Crippen molar-refractivity contribution in [3.63, 3.8) is 0 Å². The molecule has 2 aromatic carbocycles. The zero-order valence-corrected chi connectivity index (χ0v) is 13.0. The number of carbonyl (C=O) groups excluding carboxylic acids is 1. The second-order valence-corrected chi connectivity index (χ2v) is 5.26. The minimum atomic E-state index is -0.235. The number of halogens is 1. The second kappa shape index (κ2) is 8.20. The van der Waals surface area contributed by atoms with Crippen LogP contribution in [-0.4, -0.2) is 18.7 Å². The van der Waals surface area contributed by atoms with E-state index in [1.54, 1.807) is 18.3 Å². The first-order chi connectivity index (χ1) is 10.6. The Morgan fingerprint density at radius 3 is 2.77 bits per heavy atom. The molecule has 2 rings (SSSR count). The van der Waals surface area contributed by atoms with Crippen molar-refractivity contribution in [1.82, 2.24) is 5.32 Å². The van der Waals surface area contributed by atoms with E-state index in [0.29, 0.717) is 11.6 Å². The predicted octanol–water partition coefficient (Wildman–Crippen LogP) is 3.32. The molecule has 0 heterocycles. The molecule has 22 heavy (non-hydrogen) atoms. The Morgan fingerprint density at radius 2 is 2.05 bits per heavy atom. The summed E-state index contributed by atoms with van der Waals surface area (Å²) in [6.07, 6.45) is 1.57. The van der Waals surface area contributed by atoms with Crippen LogP contribution in [-0.2, 0) is 16.2 Å². The highest BCUT2D eigenvalue weighted by Gasteiger charge is 2.01. The zero-order valence-electron chi connectivity index (χ0n) is 12.3. The van der Waals surface area contributed by atoms with E-state index in [1.807, 2.05) is 43.3 Å². The summed E-state index contributed by atoms with van der Waals surface area (Å²) in [5.74, 6) is -0.235. The summed E-state index contributed by atoms with van der Waals surface area (Å²) < 4.78 is 0. The van der Waals surface area contributed by atoms with Crippen LogP contribution in [0.2, 0.25) is 5.02 Å². The Bertz CT molecular complexity index is 654. The summed E-state index contributed by atoms with van der Waals surface area (Å²) in [6.45, 7) is 2.30. The number of rotatable bonds is 6. The molecular weight excluding hydrogens is 300 g/mol. The van der Waals surface area contributed by atoms with Gasteiger partial charge in [-0.2, -0.15) is 0 Å². The Hall–Kier alpha value is -2.33. The molecule has 0 atom stereocenters. The van der Waals surface area contributed by atoms with Gasteiger partial charge in [0.15, 0.2) is 6.61 Å². The first kappa shape index (κ1) is 16.0. The van der Waals surface area contributed by atoms with Crippen LogP contribution >= 0.6 is 11.6 Å². The third-order valence-electron chi connectivity index (χ3n) is 2.93. The minimum absolute atomic E-state index is 0.122. The van der Waals surface area contributed by atoms with Gasteiger partial charge in [-0.15, -0.1) is 0 Å². The number of carbonyl (C=O) groups is 1. The fourth-order valence-electron chi connectivity index (χ4n) is 1.75. The van der Waals surface area contributed by atoms with Gasteiger partial charge >= 0.3 is 0 Å². The monoisotopic (exact) mass is 316 g/mol. The molecule has 0 bridgehead atoms. The zero-order chi connectivity index (χ0) is 15.8. The summed E-state index contributed by atoms with van der Waals surface area (Å²) in [7, 11) is 0. The van der Waals surface area contributed by atoms with Crippen molar-refractivity contribution in [3.05, 3.63) is 70.2 Å². The van der Waals surface area contributed by atoms with E-state index in [0.717, 1.165) is 11.1 Å². The van der Waals surface area contributed by atoms with Crippen LogP contribution in [0.1, 0.15) is 16.7 Å². The number of nitrogens with zero attached hydrogens (tertiary/aromatic N) is 1. The Kier molecular flexibility index (Phi) is 5.98. The Morgan fingerprint density at radius 1 is 1.27 bits per heavy atom. The molecule has 5 heteroatoms. The van der Waals surface area contributed by atoms with Gasteiger partial charge in [-0.05, 0) is 30.2 Å². The molecule has 4 nitrogen and oxygen atoms in total. The van der Waals surface area contributed by atoms with E-state index in [4.69, 9.17) is 16.4 Å². The number of hydrogen-bond donors (Lipinski definition) is 1. The van der Waals surface area contributed by atoms with Crippen LogP contribution in [0.25, 0.3) is 0 Å². The highest BCUT2D eigenvalue weighted by molar-refractivity contribution is 6.30. The fraction of sp³-hybridized carbons (Fsp3) is 0.176. The predicted molar refractivity (Wildman–Crippen MR) is 88.0 cm³/mol. The van der Waals surface area contributed by atoms with Crippen LogP contribution in [0.4, 0.5) is 0 Å². The van der Waals surface area contributed by atoms with Crippen LogP contribution in [0.15, 0.2) is 53.7 Å². The molecule has 0 spiro atoms. The molecular formula is C17H17ClN2O2. The van der Waals surface area contributed by atoms with Gasteiger partial charge in [0.25, 0.3) is 5.91 Å². The van der Waals surface area contributed by atoms with Crippen molar-refractivity contribution in [2.75, 3.05) is 6.61 Å². The molecule has 0 aliphatic heterocycles. The maximum absolute atomic E-state index is 11.6. The lowest BCUT2D eigenvalue weighted by atomic mass is 10.2. The molecule has 114 valence electrons. The highest BCUT2D eigenvalue weighted by atomic mass is 35.5. The van der Waals surface area contributed by atoms with E-state index < -0.39 is 0 Å². The molecule has 0 unspecified atom stereocenters. The van der Waals surface area contributed by atoms with Crippen molar-refractivity contribution < 1.29 is 9.63 Å². The second-order valence-electron chi connectivity index (χ2n) is 4.83. The van der Waals surface area contributed by atoms with E-state index in [-0.39, 0.29) is 12.5 Å². The SMILES string of the molecule is Cc1ccc(/C=N\OCC(=O)NCc2cccc(Cl)c2)cc1. The molecule has 0 aliphatic rings. The van der Waals surface area contributed by atoms with E-state index in [1.165, 1.54) is 5.56 Å². The molecule has 0 fully saturated rings. The molecule has 0 aliphatic carbocycles. The molecule has 1 amide bonds. The number of nitrogens with one attached hydrogen (secondary N) is 1. The van der Waals surface area contributed by atoms with Crippen LogP contribution in [0.5, 0.6) is 0 Å². The van der Waals surface area contributed by atoms with Crippen molar-refractivity contribution in [2.24, 2.45) is 5.16 Å². The summed E-state index contributed by atoms with van der Waals surface area (Å²) >= 11 is 5.87. The molecule has 1 N–H and O–H groups in total. The van der Waals surface area contributed by atoms with Crippen molar-refractivity contribution >= 4 is 23.7 Å². The first-order valence-electron chi connectivity index (χ1n) is 6.86. The van der Waals surface area contributed by atoms with Crippen molar-refractivity contribution in [1.29, 1.82) is 0 Å². The fourth-order valence-corrected chi connectivity index (χ4v) is 1.96. The van der Waals surface area contributed by atoms with Gasteiger partial charge in [0.1, 0.15) is 0 Å². The van der Waals surface area contributed by atoms with E-state index in [2.05, 4.69) is 10.5 Å². The third kappa shape index (κ3) is 5.58. The smallest absolute Gasteiger partial charge is 0.261 e.